The Kier molecular flexibility index (Phi) is 2.96. The van der Waals surface area contributed by atoms with Crippen molar-refractivity contribution in [2.45, 2.75) is 12.4 Å². The predicted molar refractivity (Wildman–Crippen MR) is 78.3 cm³/mol. The fourth-order valence-corrected chi connectivity index (χ4v) is 2.19. The molecule has 98 valence electrons. The summed E-state index contributed by atoms with van der Waals surface area (Å²) in [6.07, 6.45) is 0. The summed E-state index contributed by atoms with van der Waals surface area (Å²) >= 11 is 4.33. The van der Waals surface area contributed by atoms with Gasteiger partial charge in [-0.05, 0) is 29.8 Å². The van der Waals surface area contributed by atoms with Crippen molar-refractivity contribution < 1.29 is 4.84 Å². The molecule has 0 saturated carbocycles. The summed E-state index contributed by atoms with van der Waals surface area (Å²) in [4.78, 5) is 5.68. The minimum absolute atomic E-state index is 0.425. The van der Waals surface area contributed by atoms with Gasteiger partial charge in [-0.2, -0.15) is 0 Å². The van der Waals surface area contributed by atoms with Crippen molar-refractivity contribution in [2.75, 3.05) is 0 Å². The third-order valence-corrected chi connectivity index (χ3v) is 3.43. The first-order chi connectivity index (χ1) is 9.15. The molecule has 0 spiro atoms. The third-order valence-electron chi connectivity index (χ3n) is 2.98. The Morgan fingerprint density at radius 1 is 1.21 bits per heavy atom. The number of hydrogen-bond donors (Lipinski definition) is 2. The molecule has 0 radical (unpaired) electrons. The van der Waals surface area contributed by atoms with E-state index >= 15 is 0 Å². The summed E-state index contributed by atoms with van der Waals surface area (Å²) in [6.45, 7) is 1.80. The van der Waals surface area contributed by atoms with E-state index in [9.17, 15) is 0 Å². The predicted octanol–water partition coefficient (Wildman–Crippen LogP) is 2.17. The molecule has 1 aliphatic rings. The van der Waals surface area contributed by atoms with Gasteiger partial charge in [-0.3, -0.25) is 5.01 Å². The standard InChI is InChI=1S/C13H14N4OS/c1-9-15-17(13(19)16(9)14)18-12-7-6-10-4-2-3-5-11(10)8-12/h2-8,13,19H,14H2,1H3. The first-order valence-electron chi connectivity index (χ1n) is 5.88. The minimum atomic E-state index is -0.425. The molecular weight excluding hydrogens is 260 g/mol. The normalized spacial score (nSPS) is 18.9. The molecule has 0 saturated heterocycles. The molecule has 1 aliphatic heterocycles. The van der Waals surface area contributed by atoms with Crippen LogP contribution < -0.4 is 10.7 Å². The van der Waals surface area contributed by atoms with E-state index in [0.717, 1.165) is 5.39 Å². The Morgan fingerprint density at radius 2 is 1.95 bits per heavy atom. The number of nitrogens with two attached hydrogens (primary N) is 1. The van der Waals surface area contributed by atoms with Crippen LogP contribution in [0.3, 0.4) is 0 Å². The molecule has 5 nitrogen and oxygen atoms in total. The lowest BCUT2D eigenvalue weighted by Crippen LogP contribution is -2.43. The number of nitrogens with zero attached hydrogens (tertiary/aromatic N) is 3. The average Bonchev–Trinajstić information content (AvgIpc) is 2.66. The Morgan fingerprint density at radius 3 is 2.63 bits per heavy atom. The fraction of sp³-hybridized carbons (Fsp3) is 0.154. The molecule has 1 atom stereocenters. The number of fused-ring (bicyclic) bond motifs is 1. The van der Waals surface area contributed by atoms with Crippen molar-refractivity contribution in [1.29, 1.82) is 0 Å². The lowest BCUT2D eigenvalue weighted by atomic mass is 10.1. The molecule has 2 aromatic rings. The number of hydrogen-bond acceptors (Lipinski definition) is 6. The molecule has 0 fully saturated rings. The number of rotatable bonds is 2. The molecule has 3 rings (SSSR count). The second-order valence-corrected chi connectivity index (χ2v) is 4.77. The Hall–Kier alpha value is -1.92. The lowest BCUT2D eigenvalue weighted by molar-refractivity contribution is -0.0792. The smallest absolute Gasteiger partial charge is 0.216 e. The number of amidine groups is 1. The zero-order chi connectivity index (χ0) is 13.4. The Balaban J connectivity index is 1.86. The molecule has 0 amide bonds. The number of benzene rings is 2. The van der Waals surface area contributed by atoms with Crippen LogP contribution in [0, 0.1) is 0 Å². The van der Waals surface area contributed by atoms with Crippen molar-refractivity contribution in [3.63, 3.8) is 0 Å². The minimum Gasteiger partial charge on any atom is -0.360 e. The number of hydrazone groups is 1. The van der Waals surface area contributed by atoms with E-state index in [4.69, 9.17) is 10.7 Å². The first kappa shape index (κ1) is 12.1. The lowest BCUT2D eigenvalue weighted by Gasteiger charge is -2.22. The zero-order valence-corrected chi connectivity index (χ0v) is 11.3. The van der Waals surface area contributed by atoms with Crippen LogP contribution in [0.1, 0.15) is 6.92 Å². The van der Waals surface area contributed by atoms with E-state index < -0.39 is 5.50 Å². The highest BCUT2D eigenvalue weighted by Gasteiger charge is 2.28. The third kappa shape index (κ3) is 2.20. The van der Waals surface area contributed by atoms with Crippen LogP contribution in [-0.2, 0) is 0 Å². The van der Waals surface area contributed by atoms with E-state index in [2.05, 4.69) is 23.8 Å². The van der Waals surface area contributed by atoms with Crippen LogP contribution in [0.15, 0.2) is 47.6 Å². The Bertz CT molecular complexity index is 645. The van der Waals surface area contributed by atoms with E-state index in [-0.39, 0.29) is 0 Å². The van der Waals surface area contributed by atoms with E-state index in [1.54, 1.807) is 6.92 Å². The highest BCUT2D eigenvalue weighted by Crippen LogP contribution is 2.24. The molecule has 0 aliphatic carbocycles. The summed E-state index contributed by atoms with van der Waals surface area (Å²) in [5.74, 6) is 7.11. The maximum absolute atomic E-state index is 5.76. The van der Waals surface area contributed by atoms with Crippen LogP contribution >= 0.6 is 12.6 Å². The monoisotopic (exact) mass is 274 g/mol. The highest BCUT2D eigenvalue weighted by molar-refractivity contribution is 7.80. The summed E-state index contributed by atoms with van der Waals surface area (Å²) < 4.78 is 0. The van der Waals surface area contributed by atoms with Crippen LogP contribution in [0.5, 0.6) is 5.75 Å². The van der Waals surface area contributed by atoms with Gasteiger partial charge >= 0.3 is 0 Å². The molecule has 19 heavy (non-hydrogen) atoms. The highest BCUT2D eigenvalue weighted by atomic mass is 32.1. The molecule has 0 bridgehead atoms. The van der Waals surface area contributed by atoms with Crippen LogP contribution in [0.25, 0.3) is 10.8 Å². The summed E-state index contributed by atoms with van der Waals surface area (Å²) in [7, 11) is 0. The van der Waals surface area contributed by atoms with Gasteiger partial charge in [0.25, 0.3) is 0 Å². The van der Waals surface area contributed by atoms with Crippen LogP contribution in [0.2, 0.25) is 0 Å². The number of hydrazine groups is 1. The quantitative estimate of drug-likeness (QED) is 0.651. The summed E-state index contributed by atoms with van der Waals surface area (Å²) in [5.41, 5.74) is -0.425. The number of hydroxylamine groups is 1. The largest absolute Gasteiger partial charge is 0.360 e. The molecule has 1 heterocycles. The topological polar surface area (TPSA) is 54.1 Å². The van der Waals surface area contributed by atoms with E-state index in [0.29, 0.717) is 11.6 Å². The molecule has 2 N–H and O–H groups in total. The first-order valence-corrected chi connectivity index (χ1v) is 6.40. The maximum Gasteiger partial charge on any atom is 0.216 e. The molecule has 1 unspecified atom stereocenters. The van der Waals surface area contributed by atoms with Crippen molar-refractivity contribution in [3.05, 3.63) is 42.5 Å². The summed E-state index contributed by atoms with van der Waals surface area (Å²) in [5, 5.41) is 9.27. The van der Waals surface area contributed by atoms with Gasteiger partial charge in [0.1, 0.15) is 5.84 Å². The van der Waals surface area contributed by atoms with Crippen molar-refractivity contribution in [1.82, 2.24) is 10.2 Å². The van der Waals surface area contributed by atoms with Gasteiger partial charge in [-0.25, -0.2) is 5.84 Å². The summed E-state index contributed by atoms with van der Waals surface area (Å²) in [6, 6.07) is 14.0. The van der Waals surface area contributed by atoms with Gasteiger partial charge in [-0.1, -0.05) is 35.5 Å². The van der Waals surface area contributed by atoms with Gasteiger partial charge in [0.2, 0.25) is 5.50 Å². The fourth-order valence-electron chi connectivity index (χ4n) is 1.92. The van der Waals surface area contributed by atoms with Crippen molar-refractivity contribution >= 4 is 29.2 Å². The second kappa shape index (κ2) is 4.64. The van der Waals surface area contributed by atoms with Gasteiger partial charge in [0.15, 0.2) is 5.75 Å². The van der Waals surface area contributed by atoms with Crippen molar-refractivity contribution in [3.8, 4) is 5.75 Å². The van der Waals surface area contributed by atoms with Gasteiger partial charge in [0, 0.05) is 0 Å². The van der Waals surface area contributed by atoms with E-state index in [1.165, 1.54) is 15.6 Å². The zero-order valence-electron chi connectivity index (χ0n) is 10.4. The SMILES string of the molecule is CC1=NN(Oc2ccc3ccccc3c2)C(S)N1N. The molecule has 0 aromatic heterocycles. The van der Waals surface area contributed by atoms with Gasteiger partial charge in [-0.15, -0.1) is 17.7 Å². The average molecular weight is 274 g/mol. The van der Waals surface area contributed by atoms with Crippen LogP contribution in [-0.4, -0.2) is 21.5 Å². The van der Waals surface area contributed by atoms with Crippen LogP contribution in [0.4, 0.5) is 0 Å². The Labute approximate surface area is 116 Å². The van der Waals surface area contributed by atoms with Crippen molar-refractivity contribution in [2.24, 2.45) is 10.9 Å². The second-order valence-electron chi connectivity index (χ2n) is 4.30. The number of thiol groups is 1. The van der Waals surface area contributed by atoms with E-state index in [1.807, 2.05) is 36.4 Å². The van der Waals surface area contributed by atoms with Gasteiger partial charge < -0.3 is 4.84 Å². The van der Waals surface area contributed by atoms with Gasteiger partial charge in [0.05, 0.1) is 0 Å². The molecule has 2 aromatic carbocycles. The molecular formula is C13H14N4OS. The maximum atomic E-state index is 5.76. The molecule has 6 heteroatoms.